The summed E-state index contributed by atoms with van der Waals surface area (Å²) in [5.74, 6) is 0. The molecule has 0 amide bonds. The smallest absolute Gasteiger partial charge is 0.0378 e. The van der Waals surface area contributed by atoms with Crippen molar-refractivity contribution in [2.75, 3.05) is 0 Å². The minimum absolute atomic E-state index is 0.0795. The number of hydrogen-bond donors (Lipinski definition) is 0. The Morgan fingerprint density at radius 2 is 1.67 bits per heavy atom. The Kier molecular flexibility index (Phi) is 4.00. The van der Waals surface area contributed by atoms with Crippen molar-refractivity contribution < 1.29 is 0 Å². The number of hydrogen-bond acceptors (Lipinski definition) is 0. The molecule has 0 spiro atoms. The van der Waals surface area contributed by atoms with Gasteiger partial charge in [-0.05, 0) is 0 Å². The summed E-state index contributed by atoms with van der Waals surface area (Å²) in [5, 5.41) is 0. The highest BCUT2D eigenvalue weighted by Gasteiger charge is 2.13. The third kappa shape index (κ3) is 8.65. The lowest BCUT2D eigenvalue weighted by molar-refractivity contribution is 1.77. The van der Waals surface area contributed by atoms with Gasteiger partial charge in [0.1, 0.15) is 0 Å². The first-order chi connectivity index (χ1) is 3.92. The van der Waals surface area contributed by atoms with E-state index in [0.29, 0.717) is 0 Å². The van der Waals surface area contributed by atoms with Gasteiger partial charge >= 0.3 is 0 Å². The van der Waals surface area contributed by atoms with Crippen LogP contribution in [-0.4, -0.2) is 25.4 Å². The van der Waals surface area contributed by atoms with Crippen LogP contribution >= 0.6 is 0 Å². The molecule has 0 fully saturated rings. The van der Waals surface area contributed by atoms with E-state index in [1.54, 1.807) is 5.67 Å². The molecule has 3 heteroatoms. The molecule has 53 valence electrons. The Balaban J connectivity index is 3.28. The highest BCUT2D eigenvalue weighted by Crippen LogP contribution is 2.01. The van der Waals surface area contributed by atoms with Crippen molar-refractivity contribution in [2.24, 2.45) is 0 Å². The van der Waals surface area contributed by atoms with E-state index in [-0.39, 0.29) is 8.80 Å². The molecule has 0 aromatic rings. The molecule has 0 heterocycles. The first-order valence-electron chi connectivity index (χ1n) is 3.46. The predicted octanol–water partition coefficient (Wildman–Crippen LogP) is 2.24. The molecule has 0 aromatic heterocycles. The average molecular weight is 173 g/mol. The summed E-state index contributed by atoms with van der Waals surface area (Å²) in [6.07, 6.45) is 0. The lowest BCUT2D eigenvalue weighted by atomic mass is 11.8. The van der Waals surface area contributed by atoms with E-state index < -0.39 is 7.59 Å². The average Bonchev–Trinajstić information content (AvgIpc) is 1.59. The van der Waals surface area contributed by atoms with Gasteiger partial charge in [0.25, 0.3) is 0 Å². The van der Waals surface area contributed by atoms with Gasteiger partial charge in [0, 0.05) is 25.4 Å². The van der Waals surface area contributed by atoms with Gasteiger partial charge in [-0.3, -0.25) is 0 Å². The van der Waals surface area contributed by atoms with Crippen LogP contribution in [0.3, 0.4) is 0 Å². The monoisotopic (exact) mass is 173 g/mol. The van der Waals surface area contributed by atoms with E-state index in [4.69, 9.17) is 0 Å². The van der Waals surface area contributed by atoms with Crippen LogP contribution in [0, 0.1) is 0 Å². The van der Waals surface area contributed by atoms with Crippen LogP contribution in [0.2, 0.25) is 38.4 Å². The van der Waals surface area contributed by atoms with Crippen LogP contribution in [0.4, 0.5) is 0 Å². The molecule has 0 aliphatic rings. The van der Waals surface area contributed by atoms with Gasteiger partial charge < -0.3 is 0 Å². The minimum atomic E-state index is -0.667. The molecule has 0 bridgehead atoms. The van der Waals surface area contributed by atoms with Gasteiger partial charge in [-0.15, -0.1) is 0 Å². The van der Waals surface area contributed by atoms with Crippen LogP contribution in [-0.2, 0) is 0 Å². The molecule has 0 saturated heterocycles. The van der Waals surface area contributed by atoms with Gasteiger partial charge in [0.15, 0.2) is 0 Å². The summed E-state index contributed by atoms with van der Waals surface area (Å²) in [5.41, 5.74) is 1.56. The van der Waals surface area contributed by atoms with Crippen LogP contribution in [0.5, 0.6) is 0 Å². The predicted molar refractivity (Wildman–Crippen MR) is 51.4 cm³/mol. The summed E-state index contributed by atoms with van der Waals surface area (Å²) in [6, 6.07) is 0. The molecule has 3 radical (unpaired) electrons. The Hall–Kier alpha value is 0.651. The standard InChI is InChI=1S/C6H17Si3/c1-8(2)6-7-9(3,4)5/h6H2,1-5H3. The molecule has 0 unspecified atom stereocenters. The Bertz CT molecular complexity index is 72.9. The minimum Gasteiger partial charge on any atom is -0.0719 e. The fraction of sp³-hybridized carbons (Fsp3) is 1.00. The summed E-state index contributed by atoms with van der Waals surface area (Å²) < 4.78 is 0. The van der Waals surface area contributed by atoms with E-state index >= 15 is 0 Å². The molecule has 0 nitrogen and oxygen atoms in total. The topological polar surface area (TPSA) is 0 Å². The van der Waals surface area contributed by atoms with E-state index in [1.807, 2.05) is 0 Å². The van der Waals surface area contributed by atoms with E-state index in [0.717, 1.165) is 0 Å². The van der Waals surface area contributed by atoms with Gasteiger partial charge in [-0.1, -0.05) is 38.4 Å². The number of rotatable bonds is 3. The largest absolute Gasteiger partial charge is 0.0719 e. The van der Waals surface area contributed by atoms with Crippen molar-refractivity contribution >= 4 is 25.4 Å². The normalized spacial score (nSPS) is 12.7. The summed E-state index contributed by atoms with van der Waals surface area (Å²) >= 11 is 0. The second-order valence-corrected chi connectivity index (χ2v) is 18.1. The van der Waals surface area contributed by atoms with Crippen molar-refractivity contribution in [1.29, 1.82) is 0 Å². The fourth-order valence-corrected chi connectivity index (χ4v) is 11.9. The highest BCUT2D eigenvalue weighted by atomic mass is 29.2. The van der Waals surface area contributed by atoms with Crippen LogP contribution in [0.15, 0.2) is 0 Å². The maximum atomic E-state index is 2.47. The molecule has 0 aliphatic carbocycles. The van der Waals surface area contributed by atoms with Crippen LogP contribution in [0.1, 0.15) is 0 Å². The fourth-order valence-electron chi connectivity index (χ4n) is 0.442. The van der Waals surface area contributed by atoms with E-state index in [1.165, 1.54) is 9.04 Å². The van der Waals surface area contributed by atoms with Crippen molar-refractivity contribution in [1.82, 2.24) is 0 Å². The zero-order valence-corrected chi connectivity index (χ0v) is 10.2. The molecule has 0 atom stereocenters. The van der Waals surface area contributed by atoms with Crippen LogP contribution in [0.25, 0.3) is 0 Å². The molecule has 0 rings (SSSR count). The Morgan fingerprint density at radius 3 is 1.78 bits per heavy atom. The zero-order chi connectivity index (χ0) is 7.49. The molecular weight excluding hydrogens is 156 g/mol. The van der Waals surface area contributed by atoms with E-state index in [9.17, 15) is 0 Å². The van der Waals surface area contributed by atoms with Gasteiger partial charge in [-0.25, -0.2) is 0 Å². The first kappa shape index (κ1) is 9.65. The van der Waals surface area contributed by atoms with Crippen molar-refractivity contribution in [3.8, 4) is 0 Å². The SMILES string of the molecule is C[Si](C)C[Si][Si](C)(C)C. The third-order valence-electron chi connectivity index (χ3n) is 0.972. The van der Waals surface area contributed by atoms with E-state index in [2.05, 4.69) is 32.7 Å². The maximum absolute atomic E-state index is 2.47. The molecule has 0 aliphatic heterocycles. The van der Waals surface area contributed by atoms with Crippen molar-refractivity contribution in [2.45, 2.75) is 38.4 Å². The summed E-state index contributed by atoms with van der Waals surface area (Å²) in [4.78, 5) is 0. The molecule has 0 N–H and O–H groups in total. The highest BCUT2D eigenvalue weighted by molar-refractivity contribution is 7.24. The maximum Gasteiger partial charge on any atom is 0.0378 e. The second-order valence-electron chi connectivity index (χ2n) is 3.81. The second kappa shape index (κ2) is 3.73. The van der Waals surface area contributed by atoms with Gasteiger partial charge in [0.2, 0.25) is 0 Å². The van der Waals surface area contributed by atoms with Crippen molar-refractivity contribution in [3.05, 3.63) is 0 Å². The molecule has 0 saturated carbocycles. The molecular formula is C6H17Si3. The molecule has 9 heavy (non-hydrogen) atoms. The van der Waals surface area contributed by atoms with Crippen LogP contribution < -0.4 is 0 Å². The molecule has 0 aromatic carbocycles. The Labute approximate surface area is 64.3 Å². The lowest BCUT2D eigenvalue weighted by Gasteiger charge is -2.14. The first-order valence-corrected chi connectivity index (χ1v) is 11.9. The lowest BCUT2D eigenvalue weighted by Crippen LogP contribution is -2.32. The van der Waals surface area contributed by atoms with Gasteiger partial charge in [0.05, 0.1) is 0 Å². The zero-order valence-electron chi connectivity index (χ0n) is 7.21. The van der Waals surface area contributed by atoms with Gasteiger partial charge in [-0.2, -0.15) is 0 Å². The van der Waals surface area contributed by atoms with Crippen molar-refractivity contribution in [3.63, 3.8) is 0 Å². The third-order valence-corrected chi connectivity index (χ3v) is 10.3. The quantitative estimate of drug-likeness (QED) is 0.574. The summed E-state index contributed by atoms with van der Waals surface area (Å²) in [7, 11) is 0.719. The summed E-state index contributed by atoms with van der Waals surface area (Å²) in [6.45, 7) is 12.2. The Morgan fingerprint density at radius 1 is 1.22 bits per heavy atom.